The Bertz CT molecular complexity index is 689. The first-order valence-corrected chi connectivity index (χ1v) is 6.95. The summed E-state index contributed by atoms with van der Waals surface area (Å²) in [6.45, 7) is 3.27. The van der Waals surface area contributed by atoms with Crippen molar-refractivity contribution in [2.75, 3.05) is 26.7 Å². The molecule has 0 radical (unpaired) electrons. The molecule has 0 aromatic carbocycles. The Hall–Kier alpha value is -2.35. The van der Waals surface area contributed by atoms with Crippen LogP contribution in [0.15, 0.2) is 23.0 Å². The van der Waals surface area contributed by atoms with Crippen LogP contribution in [0.25, 0.3) is 0 Å². The van der Waals surface area contributed by atoms with E-state index in [2.05, 4.69) is 15.1 Å². The van der Waals surface area contributed by atoms with Gasteiger partial charge < -0.3 is 9.42 Å². The minimum absolute atomic E-state index is 0.0278. The topological polar surface area (TPSA) is 75.4 Å². The summed E-state index contributed by atoms with van der Waals surface area (Å²) in [6, 6.07) is 1.20. The van der Waals surface area contributed by atoms with E-state index in [9.17, 15) is 9.18 Å². The second kappa shape index (κ2) is 5.80. The molecule has 7 nitrogen and oxygen atoms in total. The van der Waals surface area contributed by atoms with Crippen molar-refractivity contribution in [1.29, 1.82) is 0 Å². The van der Waals surface area contributed by atoms with Crippen LogP contribution < -0.4 is 0 Å². The minimum Gasteiger partial charge on any atom is -0.338 e. The van der Waals surface area contributed by atoms with Gasteiger partial charge in [0.1, 0.15) is 6.04 Å². The zero-order chi connectivity index (χ0) is 15.7. The van der Waals surface area contributed by atoms with Crippen molar-refractivity contribution in [2.24, 2.45) is 0 Å². The molecule has 1 aliphatic rings. The summed E-state index contributed by atoms with van der Waals surface area (Å²) in [5.41, 5.74) is 0.0278. The quantitative estimate of drug-likeness (QED) is 0.825. The highest BCUT2D eigenvalue weighted by Gasteiger charge is 2.33. The lowest BCUT2D eigenvalue weighted by Gasteiger charge is -2.37. The van der Waals surface area contributed by atoms with E-state index in [1.165, 1.54) is 12.3 Å². The number of rotatable bonds is 2. The SMILES string of the molecule is Cc1noc(C2CN(C(=O)c3ccncc3F)CCN2C)n1. The molecule has 0 N–H and O–H groups in total. The first-order valence-electron chi connectivity index (χ1n) is 6.95. The van der Waals surface area contributed by atoms with E-state index < -0.39 is 5.82 Å². The van der Waals surface area contributed by atoms with Crippen molar-refractivity contribution >= 4 is 5.91 Å². The number of carbonyl (C=O) groups excluding carboxylic acids is 1. The van der Waals surface area contributed by atoms with Crippen LogP contribution in [0.1, 0.15) is 28.1 Å². The standard InChI is InChI=1S/C14H16FN5O2/c1-9-17-13(22-18-9)12-8-20(6-5-19(12)2)14(21)10-3-4-16-7-11(10)15/h3-4,7,12H,5-6,8H2,1-2H3. The van der Waals surface area contributed by atoms with Crippen molar-refractivity contribution in [3.63, 3.8) is 0 Å². The Morgan fingerprint density at radius 1 is 1.45 bits per heavy atom. The second-order valence-corrected chi connectivity index (χ2v) is 5.28. The Labute approximate surface area is 126 Å². The fourth-order valence-corrected chi connectivity index (χ4v) is 2.49. The van der Waals surface area contributed by atoms with Gasteiger partial charge in [0.25, 0.3) is 5.91 Å². The maximum absolute atomic E-state index is 13.7. The molecule has 1 saturated heterocycles. The molecule has 1 aliphatic heterocycles. The zero-order valence-electron chi connectivity index (χ0n) is 12.4. The number of hydrogen-bond donors (Lipinski definition) is 0. The van der Waals surface area contributed by atoms with Gasteiger partial charge in [0.15, 0.2) is 11.6 Å². The van der Waals surface area contributed by atoms with Crippen molar-refractivity contribution < 1.29 is 13.7 Å². The normalized spacial score (nSPS) is 19.4. The zero-order valence-corrected chi connectivity index (χ0v) is 12.4. The molecule has 116 valence electrons. The third-order valence-corrected chi connectivity index (χ3v) is 3.77. The summed E-state index contributed by atoms with van der Waals surface area (Å²) in [6.07, 6.45) is 2.45. The average molecular weight is 305 g/mol. The van der Waals surface area contributed by atoms with Gasteiger partial charge in [-0.1, -0.05) is 5.16 Å². The monoisotopic (exact) mass is 305 g/mol. The van der Waals surface area contributed by atoms with E-state index in [0.29, 0.717) is 31.3 Å². The summed E-state index contributed by atoms with van der Waals surface area (Å²) in [7, 11) is 1.93. The largest absolute Gasteiger partial charge is 0.338 e. The molecule has 1 atom stereocenters. The van der Waals surface area contributed by atoms with E-state index >= 15 is 0 Å². The molecule has 2 aromatic rings. The van der Waals surface area contributed by atoms with Crippen LogP contribution in [-0.4, -0.2) is 57.5 Å². The number of likely N-dealkylation sites (N-methyl/N-ethyl adjacent to an activating group) is 1. The third-order valence-electron chi connectivity index (χ3n) is 3.77. The van der Waals surface area contributed by atoms with E-state index in [0.717, 1.165) is 6.20 Å². The Balaban J connectivity index is 1.81. The van der Waals surface area contributed by atoms with E-state index in [-0.39, 0.29) is 17.5 Å². The highest BCUT2D eigenvalue weighted by atomic mass is 19.1. The van der Waals surface area contributed by atoms with Crippen molar-refractivity contribution in [2.45, 2.75) is 13.0 Å². The van der Waals surface area contributed by atoms with Crippen LogP contribution in [0.5, 0.6) is 0 Å². The van der Waals surface area contributed by atoms with Crippen LogP contribution in [0.4, 0.5) is 4.39 Å². The minimum atomic E-state index is -0.614. The number of halogens is 1. The number of carbonyl (C=O) groups is 1. The molecule has 2 aromatic heterocycles. The molecule has 8 heteroatoms. The number of piperazine rings is 1. The van der Waals surface area contributed by atoms with E-state index in [1.807, 2.05) is 11.9 Å². The van der Waals surface area contributed by atoms with Gasteiger partial charge in [-0.25, -0.2) is 4.39 Å². The van der Waals surface area contributed by atoms with Gasteiger partial charge >= 0.3 is 0 Å². The van der Waals surface area contributed by atoms with Crippen LogP contribution in [0, 0.1) is 12.7 Å². The van der Waals surface area contributed by atoms with Crippen molar-refractivity contribution in [3.05, 3.63) is 41.6 Å². The number of aromatic nitrogens is 3. The number of hydrogen-bond acceptors (Lipinski definition) is 6. The fourth-order valence-electron chi connectivity index (χ4n) is 2.49. The molecular weight excluding hydrogens is 289 g/mol. The fraction of sp³-hybridized carbons (Fsp3) is 0.429. The van der Waals surface area contributed by atoms with E-state index in [4.69, 9.17) is 4.52 Å². The Morgan fingerprint density at radius 2 is 2.27 bits per heavy atom. The van der Waals surface area contributed by atoms with Gasteiger partial charge in [-0.15, -0.1) is 0 Å². The predicted octanol–water partition coefficient (Wildman–Crippen LogP) is 1.04. The summed E-state index contributed by atoms with van der Waals surface area (Å²) < 4.78 is 18.9. The Morgan fingerprint density at radius 3 is 2.95 bits per heavy atom. The van der Waals surface area contributed by atoms with Crippen molar-refractivity contribution in [3.8, 4) is 0 Å². The molecule has 1 amide bonds. The maximum Gasteiger partial charge on any atom is 0.257 e. The smallest absolute Gasteiger partial charge is 0.257 e. The van der Waals surface area contributed by atoms with Gasteiger partial charge in [-0.3, -0.25) is 14.7 Å². The van der Waals surface area contributed by atoms with Crippen LogP contribution >= 0.6 is 0 Å². The molecule has 0 bridgehead atoms. The van der Waals surface area contributed by atoms with Gasteiger partial charge in [0.05, 0.1) is 11.8 Å². The number of pyridine rings is 1. The molecule has 3 rings (SSSR count). The number of aryl methyl sites for hydroxylation is 1. The van der Waals surface area contributed by atoms with Crippen LogP contribution in [0.2, 0.25) is 0 Å². The summed E-state index contributed by atoms with van der Waals surface area (Å²) in [5, 5.41) is 3.78. The van der Waals surface area contributed by atoms with Crippen LogP contribution in [0.3, 0.4) is 0 Å². The molecule has 1 unspecified atom stereocenters. The molecule has 22 heavy (non-hydrogen) atoms. The Kier molecular flexibility index (Phi) is 3.84. The molecule has 3 heterocycles. The summed E-state index contributed by atoms with van der Waals surface area (Å²) >= 11 is 0. The second-order valence-electron chi connectivity index (χ2n) is 5.28. The van der Waals surface area contributed by atoms with Crippen molar-refractivity contribution in [1.82, 2.24) is 24.9 Å². The van der Waals surface area contributed by atoms with Crippen LogP contribution in [-0.2, 0) is 0 Å². The summed E-state index contributed by atoms with van der Waals surface area (Å²) in [5.74, 6) is 0.0468. The summed E-state index contributed by atoms with van der Waals surface area (Å²) in [4.78, 5) is 24.0. The molecule has 0 aliphatic carbocycles. The first-order chi connectivity index (χ1) is 10.6. The first kappa shape index (κ1) is 14.6. The average Bonchev–Trinajstić information content (AvgIpc) is 2.94. The lowest BCUT2D eigenvalue weighted by Crippen LogP contribution is -2.49. The number of amides is 1. The van der Waals surface area contributed by atoms with E-state index in [1.54, 1.807) is 11.8 Å². The predicted molar refractivity (Wildman–Crippen MR) is 74.5 cm³/mol. The number of nitrogens with zero attached hydrogens (tertiary/aromatic N) is 5. The highest BCUT2D eigenvalue weighted by molar-refractivity contribution is 5.94. The maximum atomic E-state index is 13.7. The lowest BCUT2D eigenvalue weighted by molar-refractivity contribution is 0.0485. The third kappa shape index (κ3) is 2.69. The van der Waals surface area contributed by atoms with Gasteiger partial charge in [-0.05, 0) is 20.0 Å². The lowest BCUT2D eigenvalue weighted by atomic mass is 10.1. The molecular formula is C14H16FN5O2. The highest BCUT2D eigenvalue weighted by Crippen LogP contribution is 2.24. The van der Waals surface area contributed by atoms with Gasteiger partial charge in [0, 0.05) is 25.8 Å². The molecule has 0 spiro atoms. The van der Waals surface area contributed by atoms with Gasteiger partial charge in [0.2, 0.25) is 5.89 Å². The van der Waals surface area contributed by atoms with Gasteiger partial charge in [-0.2, -0.15) is 4.98 Å². The molecule has 0 saturated carbocycles. The molecule has 1 fully saturated rings.